The van der Waals surface area contributed by atoms with E-state index in [-0.39, 0.29) is 6.10 Å². The van der Waals surface area contributed by atoms with Gasteiger partial charge in [-0.15, -0.1) is 0 Å². The number of benzene rings is 1. The van der Waals surface area contributed by atoms with E-state index >= 15 is 0 Å². The summed E-state index contributed by atoms with van der Waals surface area (Å²) in [6.07, 6.45) is 1.09. The molecule has 0 spiro atoms. The SMILES string of the molecule is CC(CCN)Oc1ccc(C(C)C)cc1. The van der Waals surface area contributed by atoms with Crippen molar-refractivity contribution in [3.8, 4) is 5.75 Å². The number of nitrogens with two attached hydrogens (primary N) is 1. The lowest BCUT2D eigenvalue weighted by Gasteiger charge is -2.14. The molecule has 1 aromatic rings. The van der Waals surface area contributed by atoms with Crippen molar-refractivity contribution in [3.63, 3.8) is 0 Å². The van der Waals surface area contributed by atoms with Crippen LogP contribution in [0.1, 0.15) is 38.7 Å². The molecule has 84 valence electrons. The van der Waals surface area contributed by atoms with E-state index in [0.29, 0.717) is 12.5 Å². The number of ether oxygens (including phenoxy) is 1. The van der Waals surface area contributed by atoms with Gasteiger partial charge in [-0.1, -0.05) is 26.0 Å². The van der Waals surface area contributed by atoms with E-state index in [1.165, 1.54) is 5.56 Å². The molecule has 0 aromatic heterocycles. The van der Waals surface area contributed by atoms with Crippen LogP contribution in [0.4, 0.5) is 0 Å². The molecule has 1 rings (SSSR count). The average Bonchev–Trinajstić information content (AvgIpc) is 2.18. The maximum Gasteiger partial charge on any atom is 0.119 e. The Hall–Kier alpha value is -1.02. The van der Waals surface area contributed by atoms with Crippen LogP contribution in [0.25, 0.3) is 0 Å². The Morgan fingerprint density at radius 1 is 1.13 bits per heavy atom. The van der Waals surface area contributed by atoms with Crippen LogP contribution in [0, 0.1) is 0 Å². The fourth-order valence-electron chi connectivity index (χ4n) is 1.46. The van der Waals surface area contributed by atoms with Crippen molar-refractivity contribution >= 4 is 0 Å². The standard InChI is InChI=1S/C13H21NO/c1-10(2)12-4-6-13(7-5-12)15-11(3)8-9-14/h4-7,10-11H,8-9,14H2,1-3H3. The second-order valence-electron chi connectivity index (χ2n) is 4.23. The van der Waals surface area contributed by atoms with Crippen LogP contribution < -0.4 is 10.5 Å². The molecular weight excluding hydrogens is 186 g/mol. The van der Waals surface area contributed by atoms with Gasteiger partial charge in [0.15, 0.2) is 0 Å². The minimum absolute atomic E-state index is 0.194. The molecule has 2 heteroatoms. The molecule has 15 heavy (non-hydrogen) atoms. The minimum atomic E-state index is 0.194. The van der Waals surface area contributed by atoms with Crippen molar-refractivity contribution < 1.29 is 4.74 Å². The van der Waals surface area contributed by atoms with Crippen molar-refractivity contribution in [1.29, 1.82) is 0 Å². The molecule has 0 amide bonds. The fraction of sp³-hybridized carbons (Fsp3) is 0.538. The molecule has 0 aliphatic rings. The zero-order chi connectivity index (χ0) is 11.3. The van der Waals surface area contributed by atoms with Gasteiger partial charge in [0.1, 0.15) is 5.75 Å². The lowest BCUT2D eigenvalue weighted by molar-refractivity contribution is 0.214. The number of hydrogen-bond donors (Lipinski definition) is 1. The molecule has 0 bridgehead atoms. The summed E-state index contributed by atoms with van der Waals surface area (Å²) in [5.74, 6) is 1.50. The summed E-state index contributed by atoms with van der Waals surface area (Å²) in [7, 11) is 0. The van der Waals surface area contributed by atoms with E-state index in [1.54, 1.807) is 0 Å². The molecule has 1 atom stereocenters. The zero-order valence-electron chi connectivity index (χ0n) is 9.86. The van der Waals surface area contributed by atoms with Crippen molar-refractivity contribution in [2.75, 3.05) is 6.54 Å². The third-order valence-corrected chi connectivity index (χ3v) is 2.46. The Kier molecular flexibility index (Phi) is 4.63. The largest absolute Gasteiger partial charge is 0.491 e. The number of hydrogen-bond acceptors (Lipinski definition) is 2. The first-order valence-electron chi connectivity index (χ1n) is 5.60. The second kappa shape index (κ2) is 5.76. The van der Waals surface area contributed by atoms with Gasteiger partial charge in [0.25, 0.3) is 0 Å². The van der Waals surface area contributed by atoms with E-state index < -0.39 is 0 Å². The normalized spacial score (nSPS) is 12.9. The van der Waals surface area contributed by atoms with Gasteiger partial charge in [0.2, 0.25) is 0 Å². The zero-order valence-corrected chi connectivity index (χ0v) is 9.86. The summed E-state index contributed by atoms with van der Waals surface area (Å²) < 4.78 is 5.71. The minimum Gasteiger partial charge on any atom is -0.491 e. The second-order valence-corrected chi connectivity index (χ2v) is 4.23. The molecule has 1 unspecified atom stereocenters. The Morgan fingerprint density at radius 2 is 1.73 bits per heavy atom. The van der Waals surface area contributed by atoms with Crippen LogP contribution >= 0.6 is 0 Å². The summed E-state index contributed by atoms with van der Waals surface area (Å²) in [6, 6.07) is 8.30. The van der Waals surface area contributed by atoms with Gasteiger partial charge >= 0.3 is 0 Å². The van der Waals surface area contributed by atoms with Gasteiger partial charge in [-0.2, -0.15) is 0 Å². The van der Waals surface area contributed by atoms with Gasteiger partial charge in [-0.25, -0.2) is 0 Å². The number of rotatable bonds is 5. The summed E-state index contributed by atoms with van der Waals surface area (Å²) in [5, 5.41) is 0. The highest BCUT2D eigenvalue weighted by molar-refractivity contribution is 5.28. The van der Waals surface area contributed by atoms with Crippen molar-refractivity contribution in [2.24, 2.45) is 5.73 Å². The van der Waals surface area contributed by atoms with Crippen LogP contribution in [0.2, 0.25) is 0 Å². The van der Waals surface area contributed by atoms with Crippen LogP contribution in [0.15, 0.2) is 24.3 Å². The molecule has 1 aromatic carbocycles. The fourth-order valence-corrected chi connectivity index (χ4v) is 1.46. The quantitative estimate of drug-likeness (QED) is 0.805. The molecule has 2 nitrogen and oxygen atoms in total. The Bertz CT molecular complexity index is 279. The molecule has 0 saturated heterocycles. The van der Waals surface area contributed by atoms with E-state index in [9.17, 15) is 0 Å². The predicted molar refractivity (Wildman–Crippen MR) is 64.3 cm³/mol. The third kappa shape index (κ3) is 3.92. The summed E-state index contributed by atoms with van der Waals surface area (Å²) in [5.41, 5.74) is 6.81. The van der Waals surface area contributed by atoms with Gasteiger partial charge in [0, 0.05) is 0 Å². The first-order chi connectivity index (χ1) is 7.13. The highest BCUT2D eigenvalue weighted by Gasteiger charge is 2.03. The van der Waals surface area contributed by atoms with Crippen LogP contribution in [0.5, 0.6) is 5.75 Å². The van der Waals surface area contributed by atoms with Crippen LogP contribution in [-0.4, -0.2) is 12.6 Å². The Balaban J connectivity index is 2.56. The van der Waals surface area contributed by atoms with Gasteiger partial charge < -0.3 is 10.5 Å². The van der Waals surface area contributed by atoms with Gasteiger partial charge in [-0.05, 0) is 43.5 Å². The summed E-state index contributed by atoms with van der Waals surface area (Å²) >= 11 is 0. The average molecular weight is 207 g/mol. The highest BCUT2D eigenvalue weighted by atomic mass is 16.5. The van der Waals surface area contributed by atoms with E-state index in [1.807, 2.05) is 19.1 Å². The molecule has 0 heterocycles. The van der Waals surface area contributed by atoms with Crippen LogP contribution in [-0.2, 0) is 0 Å². The van der Waals surface area contributed by atoms with Crippen molar-refractivity contribution in [3.05, 3.63) is 29.8 Å². The lowest BCUT2D eigenvalue weighted by atomic mass is 10.0. The van der Waals surface area contributed by atoms with E-state index in [0.717, 1.165) is 12.2 Å². The molecule has 2 N–H and O–H groups in total. The Morgan fingerprint density at radius 3 is 2.20 bits per heavy atom. The Labute approximate surface area is 92.4 Å². The smallest absolute Gasteiger partial charge is 0.119 e. The first-order valence-corrected chi connectivity index (χ1v) is 5.60. The molecule has 0 fully saturated rings. The van der Waals surface area contributed by atoms with Gasteiger partial charge in [0.05, 0.1) is 6.10 Å². The predicted octanol–water partition coefficient (Wildman–Crippen LogP) is 2.93. The topological polar surface area (TPSA) is 35.2 Å². The molecule has 0 aliphatic carbocycles. The lowest BCUT2D eigenvalue weighted by Crippen LogP contribution is -2.16. The first kappa shape index (κ1) is 12.1. The van der Waals surface area contributed by atoms with Crippen LogP contribution in [0.3, 0.4) is 0 Å². The van der Waals surface area contributed by atoms with Crippen molar-refractivity contribution in [2.45, 2.75) is 39.2 Å². The highest BCUT2D eigenvalue weighted by Crippen LogP contribution is 2.19. The third-order valence-electron chi connectivity index (χ3n) is 2.46. The molecule has 0 radical (unpaired) electrons. The molecule has 0 saturated carbocycles. The molecular formula is C13H21NO. The summed E-state index contributed by atoms with van der Waals surface area (Å²) in [6.45, 7) is 7.09. The van der Waals surface area contributed by atoms with E-state index in [2.05, 4.69) is 26.0 Å². The monoisotopic (exact) mass is 207 g/mol. The summed E-state index contributed by atoms with van der Waals surface area (Å²) in [4.78, 5) is 0. The maximum absolute atomic E-state index is 5.71. The maximum atomic E-state index is 5.71. The molecule has 0 aliphatic heterocycles. The van der Waals surface area contributed by atoms with E-state index in [4.69, 9.17) is 10.5 Å². The van der Waals surface area contributed by atoms with Gasteiger partial charge in [-0.3, -0.25) is 0 Å². The van der Waals surface area contributed by atoms with Crippen molar-refractivity contribution in [1.82, 2.24) is 0 Å².